The fourth-order valence-corrected chi connectivity index (χ4v) is 14.0. The number of amides is 6. The molecule has 3 aliphatic rings. The van der Waals surface area contributed by atoms with Crippen molar-refractivity contribution in [2.75, 3.05) is 98.2 Å². The van der Waals surface area contributed by atoms with Gasteiger partial charge in [0.25, 0.3) is 0 Å². The van der Waals surface area contributed by atoms with Crippen molar-refractivity contribution >= 4 is 76.2 Å². The molecule has 1 saturated heterocycles. The lowest BCUT2D eigenvalue weighted by molar-refractivity contribution is -0.159. The largest absolute Gasteiger partial charge is 0.461 e. The van der Waals surface area contributed by atoms with Gasteiger partial charge in [-0.05, 0) is 229 Å². The summed E-state index contributed by atoms with van der Waals surface area (Å²) in [6, 6.07) is 8.77. The maximum atomic E-state index is 14.5. The second-order valence-electron chi connectivity index (χ2n) is 36.0. The van der Waals surface area contributed by atoms with Crippen molar-refractivity contribution in [1.29, 1.82) is 0 Å². The summed E-state index contributed by atoms with van der Waals surface area (Å²) in [5.74, 6) is -4.97. The molecular formula is C85H141N11O17. The van der Waals surface area contributed by atoms with Crippen LogP contribution in [0.5, 0.6) is 0 Å². The van der Waals surface area contributed by atoms with Crippen LogP contribution in [0.25, 0.3) is 10.8 Å². The van der Waals surface area contributed by atoms with Crippen LogP contribution in [0.4, 0.5) is 4.79 Å². The van der Waals surface area contributed by atoms with Gasteiger partial charge in [-0.15, -0.1) is 0 Å². The first-order valence-corrected chi connectivity index (χ1v) is 41.7. The summed E-state index contributed by atoms with van der Waals surface area (Å²) in [5, 5.41) is 19.7. The van der Waals surface area contributed by atoms with Crippen molar-refractivity contribution in [3.05, 3.63) is 48.0 Å². The molecule has 5 rings (SSSR count). The van der Waals surface area contributed by atoms with E-state index in [2.05, 4.69) is 31.9 Å². The Bertz CT molecular complexity index is 3290. The number of fused-ring (bicyclic) bond motifs is 1. The SMILES string of the molecule is CC(C)(C)OC(=O)CC[C@@H](NC(=O)N[C@H](CCCCNC(=O)[C@@H](Cc1ccc2ccccc2c1)NC(=O)[C@H]1CC[C@H](CNC(=O)[C@H](CCCCN)NC(=O)CN2CCN(CC(=O)OC(C)(C)C)CCN(CC(=O)OC(C)(C)C)CCN(CC(=O)OC(C)(C)C)CC2)CC1)C(=O)OC1CCCCCCCCC1)C(=O)OC(C)(C)C. The van der Waals surface area contributed by atoms with Gasteiger partial charge in [-0.3, -0.25) is 58.0 Å². The highest BCUT2D eigenvalue weighted by Gasteiger charge is 2.35. The highest BCUT2D eigenvalue weighted by atomic mass is 16.6. The molecule has 113 heavy (non-hydrogen) atoms. The number of unbranched alkanes of at least 4 members (excludes halogenated alkanes) is 2. The lowest BCUT2D eigenvalue weighted by Crippen LogP contribution is -2.53. The summed E-state index contributed by atoms with van der Waals surface area (Å²) in [5.41, 5.74) is 2.91. The molecule has 2 aromatic carbocycles. The normalized spacial score (nSPS) is 18.7. The Labute approximate surface area is 673 Å². The van der Waals surface area contributed by atoms with E-state index in [0.29, 0.717) is 136 Å². The maximum Gasteiger partial charge on any atom is 0.329 e. The molecule has 28 nitrogen and oxygen atoms in total. The number of nitrogens with two attached hydrogens (primary N) is 1. The summed E-state index contributed by atoms with van der Waals surface area (Å²) in [6.45, 7) is 30.0. The van der Waals surface area contributed by atoms with Crippen LogP contribution in [-0.2, 0) is 82.8 Å². The van der Waals surface area contributed by atoms with Gasteiger partial charge < -0.3 is 66.1 Å². The molecule has 28 heteroatoms. The van der Waals surface area contributed by atoms with Crippen molar-refractivity contribution in [3.8, 4) is 0 Å². The van der Waals surface area contributed by atoms with E-state index in [1.807, 2.05) is 62.1 Å². The van der Waals surface area contributed by atoms with Crippen molar-refractivity contribution in [2.45, 2.75) is 303 Å². The van der Waals surface area contributed by atoms with Gasteiger partial charge in [0, 0.05) is 84.2 Å². The molecular weight excluding hydrogens is 1450 g/mol. The number of carbonyl (C=O) groups is 11. The number of rotatable bonds is 34. The smallest absolute Gasteiger partial charge is 0.329 e. The number of hydrogen-bond donors (Lipinski definition) is 7. The van der Waals surface area contributed by atoms with E-state index in [1.54, 1.807) is 104 Å². The molecule has 4 atom stereocenters. The summed E-state index contributed by atoms with van der Waals surface area (Å²) in [7, 11) is 0. The number of benzene rings is 2. The monoisotopic (exact) mass is 1590 g/mol. The van der Waals surface area contributed by atoms with Gasteiger partial charge in [0.1, 0.15) is 58.3 Å². The third kappa shape index (κ3) is 41.6. The van der Waals surface area contributed by atoms with Gasteiger partial charge in [0.2, 0.25) is 23.6 Å². The minimum Gasteiger partial charge on any atom is -0.461 e. The van der Waals surface area contributed by atoms with Crippen LogP contribution in [0.2, 0.25) is 0 Å². The summed E-state index contributed by atoms with van der Waals surface area (Å²) < 4.78 is 34.5. The number of nitrogens with one attached hydrogen (secondary N) is 6. The standard InChI is InChI=1S/C85H141N11O17/c1-81(2,3)109-71(98)42-41-68(79(106)113-85(13,14)15)92-80(107)91-67(78(105)108-65-31-21-19-17-16-18-20-22-32-65)34-26-28-44-87-77(104)69(54-61-37-38-62-29-23-24-30-64(62)53-61)90-75(102)63-39-35-60(36-40-63)55-88-76(103)66(33-25-27-43-86)89-70(97)56-93-45-47-94(57-72(99)110-82(4,5)6)49-51-96(59-74(101)112-84(10,11)12)52-50-95(48-46-93)58-73(100)111-83(7,8)9/h23-24,29-30,37-38,53,60,63,65-69H,16-22,25-28,31-36,39-52,54-59,86H2,1-15H3,(H,87,104)(H,88,103)(H,89,97)(H,90,102)(H2,91,92,107)/t60-,63-,66-,67+,68+,69+/m0/s1. The van der Waals surface area contributed by atoms with Crippen molar-refractivity contribution in [1.82, 2.24) is 51.5 Å². The van der Waals surface area contributed by atoms with Gasteiger partial charge >= 0.3 is 41.8 Å². The lowest BCUT2D eigenvalue weighted by Gasteiger charge is -2.34. The Morgan fingerprint density at radius 1 is 0.434 bits per heavy atom. The first kappa shape index (κ1) is 96.1. The van der Waals surface area contributed by atoms with Crippen molar-refractivity contribution in [3.63, 3.8) is 0 Å². The summed E-state index contributed by atoms with van der Waals surface area (Å²) in [6.07, 6.45) is 12.8. The number of nitrogens with zero attached hydrogens (tertiary/aromatic N) is 4. The molecule has 1 aliphatic heterocycles. The molecule has 8 N–H and O–H groups in total. The van der Waals surface area contributed by atoms with Crippen LogP contribution in [0.1, 0.15) is 244 Å². The van der Waals surface area contributed by atoms with Crippen LogP contribution in [0.15, 0.2) is 42.5 Å². The van der Waals surface area contributed by atoms with Crippen molar-refractivity contribution < 1.29 is 81.2 Å². The Kier molecular flexibility index (Phi) is 40.4. The molecule has 0 spiro atoms. The summed E-state index contributed by atoms with van der Waals surface area (Å²) >= 11 is 0. The number of esters is 6. The Morgan fingerprint density at radius 2 is 0.876 bits per heavy atom. The molecule has 0 bridgehead atoms. The zero-order valence-electron chi connectivity index (χ0n) is 71.1. The highest BCUT2D eigenvalue weighted by molar-refractivity contribution is 5.91. The molecule has 0 radical (unpaired) electrons. The number of urea groups is 1. The van der Waals surface area contributed by atoms with E-state index < -0.39 is 112 Å². The lowest BCUT2D eigenvalue weighted by atomic mass is 9.81. The van der Waals surface area contributed by atoms with E-state index in [0.717, 1.165) is 54.9 Å². The first-order chi connectivity index (χ1) is 53.1. The van der Waals surface area contributed by atoms with E-state index >= 15 is 0 Å². The zero-order chi connectivity index (χ0) is 83.5. The Morgan fingerprint density at radius 3 is 1.37 bits per heavy atom. The predicted molar refractivity (Wildman–Crippen MR) is 435 cm³/mol. The van der Waals surface area contributed by atoms with Gasteiger partial charge in [0.05, 0.1) is 26.2 Å². The van der Waals surface area contributed by atoms with E-state index in [4.69, 9.17) is 34.2 Å². The molecule has 0 aromatic heterocycles. The molecule has 1 heterocycles. The molecule has 3 fully saturated rings. The van der Waals surface area contributed by atoms with E-state index in [9.17, 15) is 52.7 Å². The fourth-order valence-electron chi connectivity index (χ4n) is 14.0. The second kappa shape index (κ2) is 47.5. The Hall–Kier alpha value is -7.53. The van der Waals surface area contributed by atoms with E-state index in [-0.39, 0.29) is 82.2 Å². The zero-order valence-corrected chi connectivity index (χ0v) is 71.1. The van der Waals surface area contributed by atoms with Gasteiger partial charge in [0.15, 0.2) is 0 Å². The number of ether oxygens (including phenoxy) is 6. The van der Waals surface area contributed by atoms with Gasteiger partial charge in [-0.1, -0.05) is 74.6 Å². The third-order valence-corrected chi connectivity index (χ3v) is 19.6. The number of carbonyl (C=O) groups excluding carboxylic acids is 11. The quantitative estimate of drug-likeness (QED) is 0.0195. The average molecular weight is 1590 g/mol. The maximum absolute atomic E-state index is 14.5. The van der Waals surface area contributed by atoms with Gasteiger partial charge in [-0.25, -0.2) is 14.4 Å². The van der Waals surface area contributed by atoms with Crippen LogP contribution in [-0.4, -0.2) is 242 Å². The number of hydrogen-bond acceptors (Lipinski definition) is 22. The minimum atomic E-state index is -1.26. The Balaban J connectivity index is 1.24. The topological polar surface area (TPSA) is 354 Å². The molecule has 0 unspecified atom stereocenters. The molecule has 2 aliphatic carbocycles. The van der Waals surface area contributed by atoms with Crippen LogP contribution in [0, 0.1) is 11.8 Å². The molecule has 6 amide bonds. The van der Waals surface area contributed by atoms with Crippen LogP contribution >= 0.6 is 0 Å². The van der Waals surface area contributed by atoms with Crippen LogP contribution < -0.4 is 37.6 Å². The second-order valence-corrected chi connectivity index (χ2v) is 36.0. The summed E-state index contributed by atoms with van der Waals surface area (Å²) in [4.78, 5) is 160. The minimum absolute atomic E-state index is 0.0139. The molecule has 638 valence electrons. The van der Waals surface area contributed by atoms with Crippen molar-refractivity contribution in [2.24, 2.45) is 17.6 Å². The fraction of sp³-hybridized carbons (Fsp3) is 0.753. The predicted octanol–water partition coefficient (Wildman–Crippen LogP) is 8.87. The molecule has 2 aromatic rings. The average Bonchev–Trinajstić information content (AvgIpc) is 0.833. The van der Waals surface area contributed by atoms with Crippen LogP contribution in [0.3, 0.4) is 0 Å². The van der Waals surface area contributed by atoms with Gasteiger partial charge in [-0.2, -0.15) is 0 Å². The van der Waals surface area contributed by atoms with E-state index in [1.165, 1.54) is 6.42 Å². The third-order valence-electron chi connectivity index (χ3n) is 19.6. The first-order valence-electron chi connectivity index (χ1n) is 41.7. The molecule has 2 saturated carbocycles. The highest BCUT2D eigenvalue weighted by Crippen LogP contribution is 2.30.